The van der Waals surface area contributed by atoms with E-state index in [1.165, 1.54) is 44.2 Å². The summed E-state index contributed by atoms with van der Waals surface area (Å²) in [5.41, 5.74) is 6.30. The lowest BCUT2D eigenvalue weighted by Crippen LogP contribution is -2.25. The van der Waals surface area contributed by atoms with E-state index >= 15 is 0 Å². The number of benzene rings is 1. The van der Waals surface area contributed by atoms with Crippen molar-refractivity contribution in [1.82, 2.24) is 35.0 Å². The fraction of sp³-hybridized carbons (Fsp3) is 0.333. The summed E-state index contributed by atoms with van der Waals surface area (Å²) in [7, 11) is 0. The zero-order chi connectivity index (χ0) is 30.9. The number of rotatable bonds is 9. The molecule has 1 aromatic carbocycles. The maximum absolute atomic E-state index is 14.8. The molecule has 46 heavy (non-hydrogen) atoms. The third-order valence-corrected chi connectivity index (χ3v) is 9.16. The first kappa shape index (κ1) is 28.6. The highest BCUT2D eigenvalue weighted by Gasteiger charge is 2.18. The van der Waals surface area contributed by atoms with Gasteiger partial charge in [0.05, 0.1) is 35.4 Å². The fourth-order valence-corrected chi connectivity index (χ4v) is 6.79. The molecule has 5 aromatic heterocycles. The van der Waals surface area contributed by atoms with Crippen molar-refractivity contribution in [2.24, 2.45) is 0 Å². The molecular weight excluding hydrogens is 581 g/mol. The van der Waals surface area contributed by atoms with E-state index in [4.69, 9.17) is 9.47 Å². The summed E-state index contributed by atoms with van der Waals surface area (Å²) >= 11 is 0. The van der Waals surface area contributed by atoms with E-state index in [1.807, 2.05) is 36.5 Å². The molecule has 1 saturated carbocycles. The molecular formula is C36H36FN7O2. The van der Waals surface area contributed by atoms with Gasteiger partial charge in [-0.2, -0.15) is 5.10 Å². The minimum Gasteiger partial charge on any atom is -0.492 e. The van der Waals surface area contributed by atoms with Crippen LogP contribution >= 0.6 is 0 Å². The average Bonchev–Trinajstić information content (AvgIpc) is 3.85. The number of aromatic amines is 2. The van der Waals surface area contributed by atoms with E-state index in [1.54, 1.807) is 18.6 Å². The Hall–Kier alpha value is -4.83. The summed E-state index contributed by atoms with van der Waals surface area (Å²) in [6.07, 6.45) is 15.7. The van der Waals surface area contributed by atoms with Crippen molar-refractivity contribution < 1.29 is 13.9 Å². The highest BCUT2D eigenvalue weighted by atomic mass is 19.1. The van der Waals surface area contributed by atoms with E-state index < -0.39 is 0 Å². The first-order chi connectivity index (χ1) is 22.7. The van der Waals surface area contributed by atoms with Crippen LogP contribution in [0.15, 0.2) is 67.3 Å². The molecule has 0 unspecified atom stereocenters. The van der Waals surface area contributed by atoms with Gasteiger partial charge in [0.1, 0.15) is 35.3 Å². The number of nitrogens with one attached hydrogen (secondary N) is 2. The molecule has 2 N–H and O–H groups in total. The molecule has 1 aliphatic heterocycles. The molecule has 6 heterocycles. The predicted molar refractivity (Wildman–Crippen MR) is 176 cm³/mol. The van der Waals surface area contributed by atoms with Gasteiger partial charge in [0.25, 0.3) is 0 Å². The SMILES string of the molecule is Fc1cc(OCCN2CCCC2)cc(-c2ccnc3[nH]c(-c4n[nH]c5cnc(-c6cncc(OC7CCCCC7)c6)cc45)cc23)c1. The summed E-state index contributed by atoms with van der Waals surface area (Å²) in [5, 5.41) is 9.53. The number of fused-ring (bicyclic) bond motifs is 2. The molecule has 2 fully saturated rings. The predicted octanol–water partition coefficient (Wildman–Crippen LogP) is 7.56. The molecule has 234 valence electrons. The molecule has 0 bridgehead atoms. The summed E-state index contributed by atoms with van der Waals surface area (Å²) in [6.45, 7) is 3.58. The second kappa shape index (κ2) is 12.5. The van der Waals surface area contributed by atoms with Crippen molar-refractivity contribution in [3.8, 4) is 45.3 Å². The quantitative estimate of drug-likeness (QED) is 0.173. The Bertz CT molecular complexity index is 1990. The molecule has 0 atom stereocenters. The number of hydrogen-bond donors (Lipinski definition) is 2. The van der Waals surface area contributed by atoms with Gasteiger partial charge in [-0.3, -0.25) is 20.0 Å². The number of halogens is 1. The lowest BCUT2D eigenvalue weighted by Gasteiger charge is -2.22. The molecule has 9 nitrogen and oxygen atoms in total. The number of hydrogen-bond acceptors (Lipinski definition) is 7. The van der Waals surface area contributed by atoms with Crippen LogP contribution in [0.2, 0.25) is 0 Å². The van der Waals surface area contributed by atoms with Crippen LogP contribution in [0, 0.1) is 5.82 Å². The first-order valence-electron chi connectivity index (χ1n) is 16.3. The highest BCUT2D eigenvalue weighted by Crippen LogP contribution is 2.36. The molecule has 10 heteroatoms. The van der Waals surface area contributed by atoms with Crippen LogP contribution in [0.1, 0.15) is 44.9 Å². The van der Waals surface area contributed by atoms with E-state index in [-0.39, 0.29) is 11.9 Å². The molecule has 8 rings (SSSR count). The third-order valence-electron chi connectivity index (χ3n) is 9.16. The molecule has 0 radical (unpaired) electrons. The second-order valence-corrected chi connectivity index (χ2v) is 12.4. The normalized spacial score (nSPS) is 16.0. The first-order valence-corrected chi connectivity index (χ1v) is 16.3. The smallest absolute Gasteiger partial charge is 0.138 e. The number of ether oxygens (including phenoxy) is 2. The molecule has 0 spiro atoms. The van der Waals surface area contributed by atoms with Gasteiger partial charge in [-0.25, -0.2) is 9.37 Å². The summed E-state index contributed by atoms with van der Waals surface area (Å²) in [6, 6.07) is 12.8. The van der Waals surface area contributed by atoms with E-state index in [2.05, 4.69) is 35.0 Å². The van der Waals surface area contributed by atoms with Gasteiger partial charge in [-0.1, -0.05) is 6.42 Å². The van der Waals surface area contributed by atoms with E-state index in [9.17, 15) is 4.39 Å². The number of nitrogens with zero attached hydrogens (tertiary/aromatic N) is 5. The Kier molecular flexibility index (Phi) is 7.79. The number of likely N-dealkylation sites (tertiary alicyclic amines) is 1. The topological polar surface area (TPSA) is 105 Å². The van der Waals surface area contributed by atoms with Crippen molar-refractivity contribution >= 4 is 21.9 Å². The van der Waals surface area contributed by atoms with Gasteiger partial charge >= 0.3 is 0 Å². The van der Waals surface area contributed by atoms with Crippen molar-refractivity contribution in [2.75, 3.05) is 26.2 Å². The zero-order valence-electron chi connectivity index (χ0n) is 25.6. The lowest BCUT2D eigenvalue weighted by molar-refractivity contribution is 0.154. The number of pyridine rings is 3. The van der Waals surface area contributed by atoms with Gasteiger partial charge in [0.15, 0.2) is 0 Å². The minimum atomic E-state index is -0.338. The monoisotopic (exact) mass is 617 g/mol. The highest BCUT2D eigenvalue weighted by molar-refractivity contribution is 6.00. The average molecular weight is 618 g/mol. The van der Waals surface area contributed by atoms with E-state index in [0.29, 0.717) is 18.0 Å². The molecule has 1 aliphatic carbocycles. The zero-order valence-corrected chi connectivity index (χ0v) is 25.6. The number of H-pyrrole nitrogens is 2. The van der Waals surface area contributed by atoms with Crippen LogP contribution in [0.3, 0.4) is 0 Å². The van der Waals surface area contributed by atoms with Gasteiger partial charge in [-0.15, -0.1) is 0 Å². The van der Waals surface area contributed by atoms with Crippen LogP contribution in [-0.2, 0) is 0 Å². The Labute approximate surface area is 266 Å². The largest absolute Gasteiger partial charge is 0.492 e. The Morgan fingerprint density at radius 2 is 1.72 bits per heavy atom. The maximum atomic E-state index is 14.8. The van der Waals surface area contributed by atoms with Gasteiger partial charge < -0.3 is 14.5 Å². The summed E-state index contributed by atoms with van der Waals surface area (Å²) in [5.74, 6) is 0.955. The Balaban J connectivity index is 1.08. The van der Waals surface area contributed by atoms with Crippen LogP contribution in [0.4, 0.5) is 4.39 Å². The van der Waals surface area contributed by atoms with Crippen molar-refractivity contribution in [1.29, 1.82) is 0 Å². The van der Waals surface area contributed by atoms with Gasteiger partial charge in [0.2, 0.25) is 0 Å². The summed E-state index contributed by atoms with van der Waals surface area (Å²) in [4.78, 5) is 19.5. The lowest BCUT2D eigenvalue weighted by atomic mass is 9.98. The standard InChI is InChI=1S/C36H36FN7O2/c37-25-14-23(15-27(17-25)45-13-12-44-10-4-5-11-44)29-8-9-39-36-30(29)18-33(41-36)35-31-19-32(40-22-34(31)42-43-35)24-16-28(21-38-20-24)46-26-6-2-1-3-7-26/h8-9,14-22,26H,1-7,10-13H2,(H,39,41)(H,42,43). The minimum absolute atomic E-state index is 0.244. The second-order valence-electron chi connectivity index (χ2n) is 12.4. The van der Waals surface area contributed by atoms with Crippen molar-refractivity contribution in [3.05, 3.63) is 73.1 Å². The van der Waals surface area contributed by atoms with Crippen molar-refractivity contribution in [2.45, 2.75) is 51.0 Å². The molecule has 0 amide bonds. The van der Waals surface area contributed by atoms with Crippen molar-refractivity contribution in [3.63, 3.8) is 0 Å². The van der Waals surface area contributed by atoms with Crippen LogP contribution in [-0.4, -0.2) is 67.4 Å². The Morgan fingerprint density at radius 1 is 0.848 bits per heavy atom. The van der Waals surface area contributed by atoms with Crippen LogP contribution < -0.4 is 9.47 Å². The Morgan fingerprint density at radius 3 is 2.61 bits per heavy atom. The van der Waals surface area contributed by atoms with Crippen LogP contribution in [0.5, 0.6) is 11.5 Å². The number of aromatic nitrogens is 6. The van der Waals surface area contributed by atoms with E-state index in [0.717, 1.165) is 88.3 Å². The third kappa shape index (κ3) is 5.92. The summed E-state index contributed by atoms with van der Waals surface area (Å²) < 4.78 is 27.1. The fourth-order valence-electron chi connectivity index (χ4n) is 6.79. The van der Waals surface area contributed by atoms with Gasteiger partial charge in [0, 0.05) is 41.3 Å². The molecule has 2 aliphatic rings. The maximum Gasteiger partial charge on any atom is 0.138 e. The van der Waals surface area contributed by atoms with Gasteiger partial charge in [-0.05, 0) is 99.1 Å². The molecule has 1 saturated heterocycles. The van der Waals surface area contributed by atoms with Crippen LogP contribution in [0.25, 0.3) is 55.7 Å². The molecule has 6 aromatic rings.